The fraction of sp³-hybridized carbons (Fsp3) is 0.455. The van der Waals surface area contributed by atoms with Crippen LogP contribution >= 0.6 is 15.9 Å². The monoisotopic (exact) mass is 283 g/mol. The molecule has 0 amide bonds. The molecule has 2 rings (SSSR count). The number of piperidine rings is 1. The Morgan fingerprint density at radius 2 is 1.88 bits per heavy atom. The normalized spacial score (nSPS) is 17.4. The summed E-state index contributed by atoms with van der Waals surface area (Å²) in [5.74, 6) is 0.524. The van der Waals surface area contributed by atoms with Crippen molar-refractivity contribution in [2.45, 2.75) is 18.8 Å². The second-order valence-electron chi connectivity index (χ2n) is 4.22. The summed E-state index contributed by atoms with van der Waals surface area (Å²) < 4.78 is 0.909. The number of halogens is 1. The van der Waals surface area contributed by atoms with Gasteiger partial charge in [0, 0.05) is 4.47 Å². The van der Waals surface area contributed by atoms with Gasteiger partial charge in [0.05, 0.1) is 0 Å². The number of nitrogens with one attached hydrogen (secondary N) is 1. The fourth-order valence-electron chi connectivity index (χ4n) is 2.18. The van der Waals surface area contributed by atoms with Gasteiger partial charge in [-0.25, -0.2) is 0 Å². The number of hydrogen-bond acceptors (Lipinski definition) is 3. The molecule has 0 spiro atoms. The molecule has 0 aliphatic carbocycles. The highest BCUT2D eigenvalue weighted by molar-refractivity contribution is 9.10. The summed E-state index contributed by atoms with van der Waals surface area (Å²) >= 11 is 3.41. The molecule has 16 heavy (non-hydrogen) atoms. The summed E-state index contributed by atoms with van der Waals surface area (Å²) in [4.78, 5) is 0. The number of hydrogen-bond donors (Lipinski definition) is 3. The van der Waals surface area contributed by atoms with Crippen molar-refractivity contribution in [3.05, 3.63) is 28.2 Å². The standard InChI is InChI=1S/C11H15BBrNO2/c13-11-6-9(5-10(7-11)12(15)16)8-1-3-14-4-2-8/h5-8,14-16H,1-4H2. The van der Waals surface area contributed by atoms with Gasteiger partial charge in [0.15, 0.2) is 0 Å². The van der Waals surface area contributed by atoms with Crippen molar-refractivity contribution in [2.75, 3.05) is 13.1 Å². The highest BCUT2D eigenvalue weighted by Crippen LogP contribution is 2.26. The Morgan fingerprint density at radius 3 is 2.50 bits per heavy atom. The van der Waals surface area contributed by atoms with Crippen LogP contribution in [0.25, 0.3) is 0 Å². The highest BCUT2D eigenvalue weighted by Gasteiger charge is 2.18. The average molecular weight is 284 g/mol. The molecule has 0 atom stereocenters. The van der Waals surface area contributed by atoms with Crippen LogP contribution in [0.2, 0.25) is 0 Å². The Labute approximate surface area is 104 Å². The van der Waals surface area contributed by atoms with E-state index in [1.807, 2.05) is 6.07 Å². The lowest BCUT2D eigenvalue weighted by atomic mass is 9.77. The maximum atomic E-state index is 9.19. The lowest BCUT2D eigenvalue weighted by Gasteiger charge is -2.23. The zero-order chi connectivity index (χ0) is 11.5. The fourth-order valence-corrected chi connectivity index (χ4v) is 2.70. The molecule has 1 aromatic carbocycles. The predicted octanol–water partition coefficient (Wildman–Crippen LogP) is 0.596. The Bertz CT molecular complexity index is 367. The molecule has 1 saturated heterocycles. The third-order valence-electron chi connectivity index (χ3n) is 3.05. The topological polar surface area (TPSA) is 52.5 Å². The Hall–Kier alpha value is -0.355. The molecule has 3 N–H and O–H groups in total. The van der Waals surface area contributed by atoms with Crippen LogP contribution in [0.15, 0.2) is 22.7 Å². The van der Waals surface area contributed by atoms with E-state index in [0.717, 1.165) is 30.4 Å². The van der Waals surface area contributed by atoms with E-state index in [1.165, 1.54) is 5.56 Å². The molecule has 0 aromatic heterocycles. The number of benzene rings is 1. The van der Waals surface area contributed by atoms with Crippen LogP contribution in [0.4, 0.5) is 0 Å². The largest absolute Gasteiger partial charge is 0.488 e. The first-order chi connectivity index (χ1) is 7.66. The first-order valence-corrected chi connectivity index (χ1v) is 6.33. The molecule has 1 fully saturated rings. The van der Waals surface area contributed by atoms with E-state index in [2.05, 4.69) is 27.3 Å². The first kappa shape index (κ1) is 12.1. The van der Waals surface area contributed by atoms with E-state index >= 15 is 0 Å². The Kier molecular flexibility index (Phi) is 4.02. The van der Waals surface area contributed by atoms with Crippen LogP contribution in [0.1, 0.15) is 24.3 Å². The summed E-state index contributed by atoms with van der Waals surface area (Å²) in [5.41, 5.74) is 1.75. The molecule has 0 unspecified atom stereocenters. The van der Waals surface area contributed by atoms with Gasteiger partial charge >= 0.3 is 7.12 Å². The molecule has 1 aliphatic heterocycles. The molecule has 5 heteroatoms. The molecule has 1 aromatic rings. The third kappa shape index (κ3) is 2.85. The van der Waals surface area contributed by atoms with Gasteiger partial charge in [0.1, 0.15) is 0 Å². The van der Waals surface area contributed by atoms with Crippen molar-refractivity contribution in [3.8, 4) is 0 Å². The second-order valence-corrected chi connectivity index (χ2v) is 5.13. The lowest BCUT2D eigenvalue weighted by Crippen LogP contribution is -2.31. The van der Waals surface area contributed by atoms with E-state index in [0.29, 0.717) is 11.4 Å². The lowest BCUT2D eigenvalue weighted by molar-refractivity contribution is 0.425. The van der Waals surface area contributed by atoms with Crippen LogP contribution in [0, 0.1) is 0 Å². The average Bonchev–Trinajstić information content (AvgIpc) is 2.29. The predicted molar refractivity (Wildman–Crippen MR) is 68.8 cm³/mol. The molecule has 1 aliphatic rings. The first-order valence-electron chi connectivity index (χ1n) is 5.54. The minimum Gasteiger partial charge on any atom is -0.423 e. The summed E-state index contributed by atoms with van der Waals surface area (Å²) in [5, 5.41) is 21.7. The minimum absolute atomic E-state index is 0.524. The van der Waals surface area contributed by atoms with Gasteiger partial charge in [-0.3, -0.25) is 0 Å². The molecule has 3 nitrogen and oxygen atoms in total. The molecule has 1 heterocycles. The van der Waals surface area contributed by atoms with E-state index < -0.39 is 7.12 Å². The van der Waals surface area contributed by atoms with Gasteiger partial charge in [-0.15, -0.1) is 0 Å². The maximum Gasteiger partial charge on any atom is 0.488 e. The highest BCUT2D eigenvalue weighted by atomic mass is 79.9. The Balaban J connectivity index is 2.25. The van der Waals surface area contributed by atoms with Crippen molar-refractivity contribution in [1.82, 2.24) is 5.32 Å². The minimum atomic E-state index is -1.39. The smallest absolute Gasteiger partial charge is 0.423 e. The van der Waals surface area contributed by atoms with Crippen molar-refractivity contribution >= 4 is 28.5 Å². The van der Waals surface area contributed by atoms with Crippen LogP contribution in [-0.2, 0) is 0 Å². The Morgan fingerprint density at radius 1 is 1.19 bits per heavy atom. The second kappa shape index (κ2) is 5.32. The van der Waals surface area contributed by atoms with Gasteiger partial charge in [0.2, 0.25) is 0 Å². The summed E-state index contributed by atoms with van der Waals surface area (Å²) in [6.45, 7) is 2.07. The van der Waals surface area contributed by atoms with Crippen molar-refractivity contribution < 1.29 is 10.0 Å². The summed E-state index contributed by atoms with van der Waals surface area (Å²) in [6, 6.07) is 5.71. The van der Waals surface area contributed by atoms with E-state index in [9.17, 15) is 10.0 Å². The zero-order valence-corrected chi connectivity index (χ0v) is 10.6. The SMILES string of the molecule is OB(O)c1cc(Br)cc(C2CCNCC2)c1. The van der Waals surface area contributed by atoms with Crippen LogP contribution in [-0.4, -0.2) is 30.3 Å². The molecule has 86 valence electrons. The molecule has 0 saturated carbocycles. The summed E-state index contributed by atoms with van der Waals surface area (Å²) in [7, 11) is -1.39. The van der Waals surface area contributed by atoms with Crippen molar-refractivity contribution in [3.63, 3.8) is 0 Å². The van der Waals surface area contributed by atoms with E-state index in [1.54, 1.807) is 6.07 Å². The molecular weight excluding hydrogens is 269 g/mol. The molecule has 0 bridgehead atoms. The van der Waals surface area contributed by atoms with Gasteiger partial charge in [0.25, 0.3) is 0 Å². The van der Waals surface area contributed by atoms with E-state index in [4.69, 9.17) is 0 Å². The van der Waals surface area contributed by atoms with Crippen LogP contribution in [0.5, 0.6) is 0 Å². The van der Waals surface area contributed by atoms with Crippen molar-refractivity contribution in [2.24, 2.45) is 0 Å². The summed E-state index contributed by atoms with van der Waals surface area (Å²) in [6.07, 6.45) is 2.22. The quantitative estimate of drug-likeness (QED) is 0.697. The maximum absolute atomic E-state index is 9.19. The van der Waals surface area contributed by atoms with Gasteiger partial charge < -0.3 is 15.4 Å². The van der Waals surface area contributed by atoms with E-state index in [-0.39, 0.29) is 0 Å². The van der Waals surface area contributed by atoms with Crippen LogP contribution in [0.3, 0.4) is 0 Å². The zero-order valence-electron chi connectivity index (χ0n) is 8.99. The molecule has 0 radical (unpaired) electrons. The number of rotatable bonds is 2. The van der Waals surface area contributed by atoms with Gasteiger partial charge in [-0.2, -0.15) is 0 Å². The molecular formula is C11H15BBrNO2. The van der Waals surface area contributed by atoms with Gasteiger partial charge in [-0.1, -0.05) is 22.0 Å². The van der Waals surface area contributed by atoms with Crippen molar-refractivity contribution in [1.29, 1.82) is 0 Å². The third-order valence-corrected chi connectivity index (χ3v) is 3.51. The van der Waals surface area contributed by atoms with Gasteiger partial charge in [-0.05, 0) is 55.0 Å². The van der Waals surface area contributed by atoms with Crippen LogP contribution < -0.4 is 10.8 Å².